The van der Waals surface area contributed by atoms with E-state index in [0.29, 0.717) is 41.1 Å². The number of anilines is 1. The number of halogens is 1. The molecule has 1 aromatic carbocycles. The van der Waals surface area contributed by atoms with Crippen LogP contribution in [0.3, 0.4) is 0 Å². The number of methoxy groups -OCH3 is 1. The van der Waals surface area contributed by atoms with Crippen LogP contribution in [0.5, 0.6) is 5.75 Å². The molecule has 0 aliphatic heterocycles. The van der Waals surface area contributed by atoms with Crippen molar-refractivity contribution in [2.24, 2.45) is 11.3 Å². The molecular formula is C35H46ClN5O6. The molecule has 1 atom stereocenters. The van der Waals surface area contributed by atoms with Gasteiger partial charge in [0.1, 0.15) is 12.4 Å². The highest BCUT2D eigenvalue weighted by Crippen LogP contribution is 2.55. The van der Waals surface area contributed by atoms with Crippen molar-refractivity contribution in [3.8, 4) is 5.75 Å². The molecule has 1 spiro atoms. The van der Waals surface area contributed by atoms with Crippen LogP contribution in [0.15, 0.2) is 18.5 Å². The van der Waals surface area contributed by atoms with E-state index in [1.807, 2.05) is 44.4 Å². The maximum atomic E-state index is 13.1. The van der Waals surface area contributed by atoms with Crippen molar-refractivity contribution < 1.29 is 28.6 Å². The zero-order chi connectivity index (χ0) is 33.9. The number of carbonyl (C=O) groups is 3. The van der Waals surface area contributed by atoms with Gasteiger partial charge in [0.25, 0.3) is 0 Å². The quantitative estimate of drug-likeness (QED) is 0.128. The number of carbonyl (C=O) groups excluding carboxylic acids is 3. The number of esters is 2. The lowest BCUT2D eigenvalue weighted by Crippen LogP contribution is -2.44. The molecule has 2 aromatic heterocycles. The van der Waals surface area contributed by atoms with Crippen LogP contribution in [-0.2, 0) is 35.8 Å². The van der Waals surface area contributed by atoms with Crippen molar-refractivity contribution in [2.75, 3.05) is 19.0 Å². The van der Waals surface area contributed by atoms with E-state index in [9.17, 15) is 14.4 Å². The molecule has 5 rings (SSSR count). The van der Waals surface area contributed by atoms with E-state index < -0.39 is 11.4 Å². The molecule has 0 radical (unpaired) electrons. The van der Waals surface area contributed by atoms with E-state index in [1.54, 1.807) is 13.4 Å². The Labute approximate surface area is 281 Å². The Morgan fingerprint density at radius 3 is 2.53 bits per heavy atom. The van der Waals surface area contributed by atoms with Crippen LogP contribution in [0.4, 0.5) is 5.82 Å². The number of fused-ring (bicyclic) bond motifs is 1. The first-order valence-electron chi connectivity index (χ1n) is 16.5. The standard InChI is InChI=1S/C35H46ClN5O6/c1-21-14-22(2)28(26(15-21)47-23(3)42)34(4,5)18-27(43)46-19-25(45-6)10-13-41-20-37-29-30(39-33(36)40-31(29)41)38-32(44)24-16-35(17-24)11-8-7-9-12-35/h14-15,20,24-25H,7-13,16-19H2,1-6H3,(H,38,39,40,44). The number of amides is 1. The fourth-order valence-corrected chi connectivity index (χ4v) is 7.70. The van der Waals surface area contributed by atoms with Gasteiger partial charge in [0.15, 0.2) is 17.0 Å². The van der Waals surface area contributed by atoms with Gasteiger partial charge in [0.2, 0.25) is 11.2 Å². The number of aromatic nitrogens is 4. The number of imidazole rings is 1. The Kier molecular flexibility index (Phi) is 10.6. The van der Waals surface area contributed by atoms with Gasteiger partial charge in [-0.15, -0.1) is 0 Å². The lowest BCUT2D eigenvalue weighted by molar-refractivity contribution is -0.148. The van der Waals surface area contributed by atoms with Crippen LogP contribution in [0, 0.1) is 25.2 Å². The van der Waals surface area contributed by atoms with Crippen LogP contribution in [-0.4, -0.2) is 57.2 Å². The Balaban J connectivity index is 1.17. The smallest absolute Gasteiger partial charge is 0.308 e. The fraction of sp³-hybridized carbons (Fsp3) is 0.600. The number of rotatable bonds is 12. The van der Waals surface area contributed by atoms with Gasteiger partial charge < -0.3 is 24.1 Å². The third kappa shape index (κ3) is 8.12. The maximum Gasteiger partial charge on any atom is 0.308 e. The number of hydrogen-bond donors (Lipinski definition) is 1. The number of ether oxygens (including phenoxy) is 3. The van der Waals surface area contributed by atoms with E-state index in [0.717, 1.165) is 29.5 Å². The molecule has 11 nitrogen and oxygen atoms in total. The third-order valence-electron chi connectivity index (χ3n) is 9.74. The summed E-state index contributed by atoms with van der Waals surface area (Å²) in [6.45, 7) is 9.61. The molecule has 0 saturated heterocycles. The minimum atomic E-state index is -0.653. The van der Waals surface area contributed by atoms with Crippen molar-refractivity contribution in [3.05, 3.63) is 40.4 Å². The van der Waals surface area contributed by atoms with Gasteiger partial charge in [-0.2, -0.15) is 9.97 Å². The molecule has 2 saturated carbocycles. The topological polar surface area (TPSA) is 135 Å². The van der Waals surface area contributed by atoms with Crippen LogP contribution >= 0.6 is 11.6 Å². The van der Waals surface area contributed by atoms with E-state index in [1.165, 1.54) is 39.0 Å². The molecule has 3 aromatic rings. The number of benzene rings is 1. The van der Waals surface area contributed by atoms with Gasteiger partial charge in [-0.05, 0) is 80.2 Å². The van der Waals surface area contributed by atoms with Gasteiger partial charge in [0.05, 0.1) is 18.9 Å². The molecule has 1 amide bonds. The first kappa shape index (κ1) is 34.8. The third-order valence-corrected chi connectivity index (χ3v) is 9.91. The van der Waals surface area contributed by atoms with Gasteiger partial charge in [-0.3, -0.25) is 14.4 Å². The summed E-state index contributed by atoms with van der Waals surface area (Å²) in [6, 6.07) is 3.82. The Morgan fingerprint density at radius 2 is 1.85 bits per heavy atom. The molecule has 1 unspecified atom stereocenters. The fourth-order valence-electron chi connectivity index (χ4n) is 7.54. The molecule has 0 bridgehead atoms. The van der Waals surface area contributed by atoms with E-state index in [-0.39, 0.29) is 42.2 Å². The Bertz CT molecular complexity index is 1640. The van der Waals surface area contributed by atoms with Crippen LogP contribution in [0.1, 0.15) is 95.2 Å². The van der Waals surface area contributed by atoms with Crippen LogP contribution < -0.4 is 10.1 Å². The minimum absolute atomic E-state index is 0.0208. The Hall–Kier alpha value is -3.57. The van der Waals surface area contributed by atoms with Gasteiger partial charge in [0, 0.05) is 37.5 Å². The highest BCUT2D eigenvalue weighted by Gasteiger charge is 2.47. The second-order valence-corrected chi connectivity index (χ2v) is 14.4. The molecule has 2 fully saturated rings. The average Bonchev–Trinajstić information content (AvgIpc) is 3.37. The molecule has 254 valence electrons. The maximum absolute atomic E-state index is 13.1. The highest BCUT2D eigenvalue weighted by molar-refractivity contribution is 6.28. The second kappa shape index (κ2) is 14.3. The zero-order valence-corrected chi connectivity index (χ0v) is 29.0. The van der Waals surface area contributed by atoms with Crippen molar-refractivity contribution in [2.45, 2.75) is 110 Å². The molecule has 12 heteroatoms. The number of nitrogens with zero attached hydrogens (tertiary/aromatic N) is 4. The largest absolute Gasteiger partial charge is 0.463 e. The average molecular weight is 668 g/mol. The van der Waals surface area contributed by atoms with Crippen molar-refractivity contribution in [1.82, 2.24) is 19.5 Å². The SMILES string of the molecule is COC(CCn1cnc2c(NC(=O)C3CC4(CCCCC4)C3)nc(Cl)nc21)COC(=O)CC(C)(C)c1c(C)cc(C)cc1OC(C)=O. The molecule has 1 N–H and O–H groups in total. The monoisotopic (exact) mass is 667 g/mol. The summed E-state index contributed by atoms with van der Waals surface area (Å²) in [5.41, 5.74) is 3.36. The van der Waals surface area contributed by atoms with Crippen LogP contribution in [0.2, 0.25) is 5.28 Å². The lowest BCUT2D eigenvalue weighted by Gasteiger charge is -2.49. The summed E-state index contributed by atoms with van der Waals surface area (Å²) in [5.74, 6) is -0.104. The molecular weight excluding hydrogens is 622 g/mol. The number of nitrogens with one attached hydrogen (secondary N) is 1. The molecule has 2 heterocycles. The summed E-state index contributed by atoms with van der Waals surface area (Å²) in [6.07, 6.45) is 9.93. The molecule has 47 heavy (non-hydrogen) atoms. The second-order valence-electron chi connectivity index (χ2n) is 14.0. The van der Waals surface area contributed by atoms with E-state index in [4.69, 9.17) is 25.8 Å². The highest BCUT2D eigenvalue weighted by atomic mass is 35.5. The van der Waals surface area contributed by atoms with E-state index in [2.05, 4.69) is 20.3 Å². The molecule has 2 aliphatic rings. The number of hydrogen-bond acceptors (Lipinski definition) is 9. The Morgan fingerprint density at radius 1 is 1.13 bits per heavy atom. The number of aryl methyl sites for hydroxylation is 3. The lowest BCUT2D eigenvalue weighted by atomic mass is 9.55. The summed E-state index contributed by atoms with van der Waals surface area (Å²) in [7, 11) is 1.57. The zero-order valence-electron chi connectivity index (χ0n) is 28.3. The summed E-state index contributed by atoms with van der Waals surface area (Å²) < 4.78 is 18.6. The summed E-state index contributed by atoms with van der Waals surface area (Å²) in [5, 5.41) is 2.98. The van der Waals surface area contributed by atoms with Crippen molar-refractivity contribution >= 4 is 46.4 Å². The molecule has 2 aliphatic carbocycles. The van der Waals surface area contributed by atoms with Gasteiger partial charge in [-0.1, -0.05) is 39.2 Å². The van der Waals surface area contributed by atoms with Crippen molar-refractivity contribution in [1.29, 1.82) is 0 Å². The predicted molar refractivity (Wildman–Crippen MR) is 178 cm³/mol. The van der Waals surface area contributed by atoms with Gasteiger partial charge in [-0.25, -0.2) is 4.98 Å². The summed E-state index contributed by atoms with van der Waals surface area (Å²) >= 11 is 6.28. The van der Waals surface area contributed by atoms with Gasteiger partial charge >= 0.3 is 11.9 Å². The first-order chi connectivity index (χ1) is 22.3. The predicted octanol–water partition coefficient (Wildman–Crippen LogP) is 6.64. The summed E-state index contributed by atoms with van der Waals surface area (Å²) in [4.78, 5) is 51.0. The normalized spacial score (nSPS) is 16.9. The van der Waals surface area contributed by atoms with Crippen molar-refractivity contribution in [3.63, 3.8) is 0 Å². The minimum Gasteiger partial charge on any atom is -0.463 e. The first-order valence-corrected chi connectivity index (χ1v) is 16.8. The van der Waals surface area contributed by atoms with E-state index >= 15 is 0 Å². The van der Waals surface area contributed by atoms with Crippen LogP contribution in [0.25, 0.3) is 11.2 Å².